The molecular formula is C19H29N3O2S. The first-order valence-corrected chi connectivity index (χ1v) is 11.1. The van der Waals surface area contributed by atoms with Crippen molar-refractivity contribution in [3.8, 4) is 0 Å². The summed E-state index contributed by atoms with van der Waals surface area (Å²) < 4.78 is 28.5. The van der Waals surface area contributed by atoms with Crippen LogP contribution in [0.2, 0.25) is 0 Å². The average Bonchev–Trinajstić information content (AvgIpc) is 2.83. The van der Waals surface area contributed by atoms with Crippen LogP contribution in [-0.4, -0.2) is 41.1 Å². The molecule has 138 valence electrons. The largest absolute Gasteiger partial charge is 0.333 e. The molecule has 3 rings (SSSR count). The smallest absolute Gasteiger partial charge is 0.214 e. The third-order valence-electron chi connectivity index (χ3n) is 5.19. The summed E-state index contributed by atoms with van der Waals surface area (Å²) in [5.74, 6) is 0.807. The van der Waals surface area contributed by atoms with Crippen molar-refractivity contribution < 1.29 is 8.42 Å². The zero-order valence-electron chi connectivity index (χ0n) is 15.3. The van der Waals surface area contributed by atoms with Gasteiger partial charge in [-0.05, 0) is 62.6 Å². The highest BCUT2D eigenvalue weighted by atomic mass is 32.2. The summed E-state index contributed by atoms with van der Waals surface area (Å²) in [7, 11) is -3.06. The van der Waals surface area contributed by atoms with Crippen LogP contribution in [0.4, 0.5) is 0 Å². The monoisotopic (exact) mass is 363 g/mol. The molecule has 0 saturated carbocycles. The molecular weight excluding hydrogens is 334 g/mol. The lowest BCUT2D eigenvalue weighted by Crippen LogP contribution is -2.33. The molecule has 0 aromatic carbocycles. The minimum absolute atomic E-state index is 0.271. The van der Waals surface area contributed by atoms with Gasteiger partial charge in [0.2, 0.25) is 10.0 Å². The molecule has 0 aliphatic carbocycles. The lowest BCUT2D eigenvalue weighted by Gasteiger charge is -2.19. The van der Waals surface area contributed by atoms with Gasteiger partial charge in [0.15, 0.2) is 0 Å². The maximum Gasteiger partial charge on any atom is 0.214 e. The molecule has 1 atom stereocenters. The van der Waals surface area contributed by atoms with Crippen molar-refractivity contribution in [2.75, 3.05) is 18.8 Å². The van der Waals surface area contributed by atoms with Crippen LogP contribution in [0.3, 0.4) is 0 Å². The predicted octanol–water partition coefficient (Wildman–Crippen LogP) is 3.44. The van der Waals surface area contributed by atoms with E-state index >= 15 is 0 Å². The van der Waals surface area contributed by atoms with Crippen LogP contribution in [0.15, 0.2) is 24.5 Å². The lowest BCUT2D eigenvalue weighted by molar-refractivity contribution is 0.410. The molecule has 0 N–H and O–H groups in total. The standard InChI is InChI=1S/C19H29N3O2S/c1-3-12-25(23,24)22-9-5-6-16(7-11-22)13-17-14-18-8-10-21(4-2)19(18)20-15-17/h8,10,14-16H,3-7,9,11-13H2,1-2H3. The molecule has 2 aromatic rings. The summed E-state index contributed by atoms with van der Waals surface area (Å²) in [4.78, 5) is 4.64. The quantitative estimate of drug-likeness (QED) is 0.790. The van der Waals surface area contributed by atoms with Crippen LogP contribution < -0.4 is 0 Å². The predicted molar refractivity (Wildman–Crippen MR) is 102 cm³/mol. The van der Waals surface area contributed by atoms with Crippen LogP contribution in [0.25, 0.3) is 11.0 Å². The third kappa shape index (κ3) is 4.23. The number of nitrogens with zero attached hydrogens (tertiary/aromatic N) is 3. The number of hydrogen-bond donors (Lipinski definition) is 0. The van der Waals surface area contributed by atoms with Crippen molar-refractivity contribution in [3.05, 3.63) is 30.1 Å². The van der Waals surface area contributed by atoms with Gasteiger partial charge in [-0.15, -0.1) is 0 Å². The Morgan fingerprint density at radius 1 is 1.24 bits per heavy atom. The van der Waals surface area contributed by atoms with Crippen LogP contribution in [-0.2, 0) is 23.0 Å². The molecule has 5 nitrogen and oxygen atoms in total. The summed E-state index contributed by atoms with van der Waals surface area (Å²) in [5, 5.41) is 1.19. The zero-order chi connectivity index (χ0) is 17.9. The van der Waals surface area contributed by atoms with Gasteiger partial charge in [-0.25, -0.2) is 17.7 Å². The van der Waals surface area contributed by atoms with E-state index in [4.69, 9.17) is 0 Å². The highest BCUT2D eigenvalue weighted by molar-refractivity contribution is 7.89. The van der Waals surface area contributed by atoms with Crippen molar-refractivity contribution in [1.82, 2.24) is 13.9 Å². The minimum Gasteiger partial charge on any atom is -0.333 e. The van der Waals surface area contributed by atoms with Gasteiger partial charge in [0.25, 0.3) is 0 Å². The average molecular weight is 364 g/mol. The van der Waals surface area contributed by atoms with E-state index < -0.39 is 10.0 Å². The van der Waals surface area contributed by atoms with Gasteiger partial charge in [-0.3, -0.25) is 0 Å². The topological polar surface area (TPSA) is 55.2 Å². The van der Waals surface area contributed by atoms with Crippen molar-refractivity contribution in [3.63, 3.8) is 0 Å². The molecule has 25 heavy (non-hydrogen) atoms. The molecule has 1 unspecified atom stereocenters. The Labute approximate surface area is 151 Å². The Hall–Kier alpha value is -1.40. The van der Waals surface area contributed by atoms with Gasteiger partial charge in [-0.1, -0.05) is 6.92 Å². The molecule has 1 aliphatic rings. The van der Waals surface area contributed by atoms with Gasteiger partial charge in [0.05, 0.1) is 5.75 Å². The number of hydrogen-bond acceptors (Lipinski definition) is 3. The van der Waals surface area contributed by atoms with Crippen molar-refractivity contribution in [2.45, 2.75) is 52.5 Å². The number of aryl methyl sites for hydroxylation is 1. The summed E-state index contributed by atoms with van der Waals surface area (Å²) in [6, 6.07) is 4.37. The first kappa shape index (κ1) is 18.4. The number of fused-ring (bicyclic) bond motifs is 1. The Balaban J connectivity index is 1.66. The van der Waals surface area contributed by atoms with Crippen LogP contribution >= 0.6 is 0 Å². The molecule has 6 heteroatoms. The van der Waals surface area contributed by atoms with Crippen LogP contribution in [0, 0.1) is 5.92 Å². The zero-order valence-corrected chi connectivity index (χ0v) is 16.1. The van der Waals surface area contributed by atoms with Gasteiger partial charge in [0, 0.05) is 37.4 Å². The van der Waals surface area contributed by atoms with E-state index in [2.05, 4.69) is 34.8 Å². The third-order valence-corrected chi connectivity index (χ3v) is 7.26. The second-order valence-electron chi connectivity index (χ2n) is 7.07. The molecule has 0 amide bonds. The Morgan fingerprint density at radius 2 is 2.08 bits per heavy atom. The van der Waals surface area contributed by atoms with E-state index in [1.54, 1.807) is 4.31 Å². The fraction of sp³-hybridized carbons (Fsp3) is 0.632. The minimum atomic E-state index is -3.06. The molecule has 1 fully saturated rings. The molecule has 0 bridgehead atoms. The summed E-state index contributed by atoms with van der Waals surface area (Å²) in [6.45, 7) is 6.32. The fourth-order valence-electron chi connectivity index (χ4n) is 3.83. The summed E-state index contributed by atoms with van der Waals surface area (Å²) in [6.07, 6.45) is 8.74. The second-order valence-corrected chi connectivity index (χ2v) is 9.16. The molecule has 0 spiro atoms. The summed E-state index contributed by atoms with van der Waals surface area (Å²) in [5.41, 5.74) is 2.31. The fourth-order valence-corrected chi connectivity index (χ4v) is 5.40. The summed E-state index contributed by atoms with van der Waals surface area (Å²) >= 11 is 0. The van der Waals surface area contributed by atoms with Crippen LogP contribution in [0.1, 0.15) is 45.1 Å². The first-order valence-electron chi connectivity index (χ1n) is 9.45. The van der Waals surface area contributed by atoms with E-state index in [0.717, 1.165) is 37.9 Å². The van der Waals surface area contributed by atoms with Gasteiger partial charge < -0.3 is 4.57 Å². The Morgan fingerprint density at radius 3 is 2.84 bits per heavy atom. The number of pyridine rings is 1. The highest BCUT2D eigenvalue weighted by Gasteiger charge is 2.25. The maximum atomic E-state index is 12.3. The van der Waals surface area contributed by atoms with E-state index in [0.29, 0.717) is 25.4 Å². The Bertz CT molecular complexity index is 813. The van der Waals surface area contributed by atoms with Gasteiger partial charge in [0.1, 0.15) is 5.65 Å². The SMILES string of the molecule is CCCS(=O)(=O)N1CCCC(Cc2cnc3c(ccn3CC)c2)CC1. The number of rotatable bonds is 6. The number of sulfonamides is 1. The number of aromatic nitrogens is 2. The van der Waals surface area contributed by atoms with E-state index in [1.165, 1.54) is 10.9 Å². The van der Waals surface area contributed by atoms with E-state index in [-0.39, 0.29) is 5.75 Å². The Kier molecular flexibility index (Phi) is 5.79. The first-order chi connectivity index (χ1) is 12.0. The van der Waals surface area contributed by atoms with Crippen LogP contribution in [0.5, 0.6) is 0 Å². The molecule has 1 aliphatic heterocycles. The van der Waals surface area contributed by atoms with Gasteiger partial charge in [-0.2, -0.15) is 0 Å². The van der Waals surface area contributed by atoms with Gasteiger partial charge >= 0.3 is 0 Å². The normalized spacial score (nSPS) is 20.0. The highest BCUT2D eigenvalue weighted by Crippen LogP contribution is 2.25. The van der Waals surface area contributed by atoms with Crippen molar-refractivity contribution in [1.29, 1.82) is 0 Å². The van der Waals surface area contributed by atoms with E-state index in [1.807, 2.05) is 13.1 Å². The molecule has 2 aromatic heterocycles. The maximum absolute atomic E-state index is 12.3. The molecule has 0 radical (unpaired) electrons. The molecule has 3 heterocycles. The molecule has 1 saturated heterocycles. The second kappa shape index (κ2) is 7.87. The van der Waals surface area contributed by atoms with Crippen molar-refractivity contribution >= 4 is 21.1 Å². The van der Waals surface area contributed by atoms with Crippen molar-refractivity contribution in [2.24, 2.45) is 5.92 Å². The van der Waals surface area contributed by atoms with E-state index in [9.17, 15) is 8.42 Å². The lowest BCUT2D eigenvalue weighted by atomic mass is 9.93.